The highest BCUT2D eigenvalue weighted by Crippen LogP contribution is 2.29. The fraction of sp³-hybridized carbons (Fsp3) is 0.419. The number of nitrogens with two attached hydrogens (primary N) is 1. The number of ether oxygens (including phenoxy) is 5. The molecule has 28 heteroatoms. The van der Waals surface area contributed by atoms with Crippen LogP contribution in [0.3, 0.4) is 0 Å². The number of hydrogen-bond acceptors (Lipinski definition) is 23. The van der Waals surface area contributed by atoms with Crippen molar-refractivity contribution in [2.75, 3.05) is 167 Å². The summed E-state index contributed by atoms with van der Waals surface area (Å²) in [6.45, 7) is 7.74. The van der Waals surface area contributed by atoms with Crippen molar-refractivity contribution >= 4 is 122 Å². The van der Waals surface area contributed by atoms with Crippen molar-refractivity contribution in [3.05, 3.63) is 155 Å². The summed E-state index contributed by atoms with van der Waals surface area (Å²) in [6, 6.07) is 35.8. The smallest absolute Gasteiger partial charge is 0.407 e. The predicted molar refractivity (Wildman–Crippen MR) is 399 cm³/mol. The first-order chi connectivity index (χ1) is 49.7. The van der Waals surface area contributed by atoms with E-state index in [0.717, 1.165) is 85.8 Å². The van der Waals surface area contributed by atoms with Crippen LogP contribution in [0.2, 0.25) is 0 Å². The zero-order valence-electron chi connectivity index (χ0n) is 58.7. The zero-order valence-corrected chi connectivity index (χ0v) is 60.2. The molecule has 0 atom stereocenters. The number of unbranched alkanes of at least 4 members (excludes halogenated alkanes) is 6. The number of hydrogen-bond donors (Lipinski definition) is 4. The molecular formula is C74H94Cl2N12O14. The number of amidine groups is 2. The fourth-order valence-corrected chi connectivity index (χ4v) is 10.5. The Balaban J connectivity index is 0.000000213. The number of carbonyl (C=O) groups excluding carboxylic acids is 4. The summed E-state index contributed by atoms with van der Waals surface area (Å²) >= 11 is 11.2. The Kier molecular flexibility index (Phi) is 34.9. The van der Waals surface area contributed by atoms with Gasteiger partial charge in [0.15, 0.2) is 16.7 Å². The number of amides is 3. The van der Waals surface area contributed by atoms with E-state index >= 15 is 0 Å². The van der Waals surface area contributed by atoms with Crippen LogP contribution < -0.4 is 25.8 Å². The van der Waals surface area contributed by atoms with E-state index in [1.807, 2.05) is 139 Å². The normalized spacial score (nSPS) is 13.4. The SMILES string of the molecule is CN(CCO)c1ccc2nc(C=O)oc2c1.CN1C(=O)/C(=C/c2nc3ccc(N(C)CCOC(=O)NCCOCCOCCCCCCCl)cc3o2)N=C1c1ccccc1.CN1C(=O)/C(=C\c2nc3ccc(N(C)CCO)cc3o2)N=C1c1ccccc1.NCCOCCOCCCCCCCl. The van der Waals surface area contributed by atoms with E-state index in [9.17, 15) is 19.2 Å². The molecule has 2 aliphatic heterocycles. The lowest BCUT2D eigenvalue weighted by atomic mass is 10.2. The van der Waals surface area contributed by atoms with Gasteiger partial charge in [-0.3, -0.25) is 24.2 Å². The number of benzene rings is 5. The van der Waals surface area contributed by atoms with Crippen LogP contribution in [0.5, 0.6) is 0 Å². The number of oxazole rings is 3. The lowest BCUT2D eigenvalue weighted by Crippen LogP contribution is -2.31. The van der Waals surface area contributed by atoms with Gasteiger partial charge in [-0.25, -0.2) is 29.7 Å². The Morgan fingerprint density at radius 1 is 0.520 bits per heavy atom. The molecule has 0 unspecified atom stereocenters. The number of aldehydes is 1. The molecule has 0 radical (unpaired) electrons. The molecule has 0 saturated heterocycles. The van der Waals surface area contributed by atoms with E-state index in [1.54, 1.807) is 38.4 Å². The second-order valence-corrected chi connectivity index (χ2v) is 24.1. The van der Waals surface area contributed by atoms with E-state index in [1.165, 1.54) is 22.6 Å². The summed E-state index contributed by atoms with van der Waals surface area (Å²) in [5.41, 5.74) is 14.0. The van der Waals surface area contributed by atoms with E-state index in [2.05, 4.69) is 30.3 Å². The Bertz CT molecular complexity index is 3990. The van der Waals surface area contributed by atoms with Gasteiger partial charge in [-0.05, 0) is 62.1 Å². The number of aromatic nitrogens is 3. The van der Waals surface area contributed by atoms with Crippen LogP contribution in [-0.2, 0) is 33.3 Å². The lowest BCUT2D eigenvalue weighted by Gasteiger charge is -2.19. The van der Waals surface area contributed by atoms with E-state index < -0.39 is 6.09 Å². The molecule has 3 amide bonds. The van der Waals surface area contributed by atoms with Crippen molar-refractivity contribution in [1.82, 2.24) is 30.1 Å². The van der Waals surface area contributed by atoms with Gasteiger partial charge < -0.3 is 72.9 Å². The molecule has 3 aromatic heterocycles. The van der Waals surface area contributed by atoms with Crippen LogP contribution in [0.25, 0.3) is 45.5 Å². The highest BCUT2D eigenvalue weighted by molar-refractivity contribution is 6.20. The third-order valence-electron chi connectivity index (χ3n) is 15.7. The number of fused-ring (bicyclic) bond motifs is 3. The minimum Gasteiger partial charge on any atom is -0.448 e. The Morgan fingerprint density at radius 3 is 1.32 bits per heavy atom. The molecule has 2 aliphatic rings. The van der Waals surface area contributed by atoms with Crippen LogP contribution >= 0.6 is 23.2 Å². The maximum absolute atomic E-state index is 12.8. The van der Waals surface area contributed by atoms with E-state index in [0.29, 0.717) is 141 Å². The molecular weight excluding hydrogens is 1350 g/mol. The number of alkyl carbamates (subject to hydrolysis) is 1. The van der Waals surface area contributed by atoms with Crippen LogP contribution in [0, 0.1) is 0 Å². The largest absolute Gasteiger partial charge is 0.448 e. The minimum atomic E-state index is -0.497. The number of aliphatic imine (C=N–C) groups is 2. The molecule has 0 spiro atoms. The Morgan fingerprint density at radius 2 is 0.912 bits per heavy atom. The average Bonchev–Trinajstić information content (AvgIpc) is 2.03. The maximum Gasteiger partial charge on any atom is 0.407 e. The molecule has 102 heavy (non-hydrogen) atoms. The molecule has 548 valence electrons. The number of carbonyl (C=O) groups is 4. The quantitative estimate of drug-likeness (QED) is 0.0121. The lowest BCUT2D eigenvalue weighted by molar-refractivity contribution is -0.122. The first kappa shape index (κ1) is 80.2. The van der Waals surface area contributed by atoms with Gasteiger partial charge in [0, 0.05) is 145 Å². The second-order valence-electron chi connectivity index (χ2n) is 23.3. The summed E-state index contributed by atoms with van der Waals surface area (Å²) < 4.78 is 43.8. The number of nitrogens with one attached hydrogen (secondary N) is 1. The molecule has 8 aromatic rings. The third-order valence-corrected chi connectivity index (χ3v) is 16.2. The number of aliphatic hydroxyl groups excluding tert-OH is 2. The monoisotopic (exact) mass is 1440 g/mol. The van der Waals surface area contributed by atoms with Gasteiger partial charge in [0.05, 0.1) is 59.4 Å². The molecule has 10 rings (SSSR count). The summed E-state index contributed by atoms with van der Waals surface area (Å²) in [5, 5.41) is 20.6. The van der Waals surface area contributed by atoms with Crippen LogP contribution in [0.1, 0.15) is 85.0 Å². The molecule has 5 N–H and O–H groups in total. The first-order valence-corrected chi connectivity index (χ1v) is 35.1. The van der Waals surface area contributed by atoms with Crippen molar-refractivity contribution in [2.24, 2.45) is 15.7 Å². The number of anilines is 3. The second kappa shape index (κ2) is 44.3. The third kappa shape index (κ3) is 25.8. The van der Waals surface area contributed by atoms with Gasteiger partial charge in [0.1, 0.15) is 46.2 Å². The number of alkyl halides is 2. The highest BCUT2D eigenvalue weighted by atomic mass is 35.5. The summed E-state index contributed by atoms with van der Waals surface area (Å²) in [5.74, 6) is 2.93. The van der Waals surface area contributed by atoms with Crippen LogP contribution in [0.4, 0.5) is 21.9 Å². The fourth-order valence-electron chi connectivity index (χ4n) is 10.1. The number of halogens is 2. The summed E-state index contributed by atoms with van der Waals surface area (Å²) in [7, 11) is 9.05. The minimum absolute atomic E-state index is 0.0691. The van der Waals surface area contributed by atoms with Gasteiger partial charge in [0.25, 0.3) is 17.7 Å². The molecule has 5 heterocycles. The van der Waals surface area contributed by atoms with Gasteiger partial charge in [0.2, 0.25) is 18.1 Å². The molecule has 0 saturated carbocycles. The van der Waals surface area contributed by atoms with Crippen molar-refractivity contribution in [1.29, 1.82) is 0 Å². The van der Waals surface area contributed by atoms with Gasteiger partial charge in [-0.15, -0.1) is 23.2 Å². The van der Waals surface area contributed by atoms with Crippen LogP contribution in [-0.4, -0.2) is 223 Å². The Hall–Kier alpha value is -9.09. The topological polar surface area (TPSA) is 312 Å². The Labute approximate surface area is 604 Å². The van der Waals surface area contributed by atoms with E-state index in [4.69, 9.17) is 76.1 Å². The molecule has 26 nitrogen and oxygen atoms in total. The summed E-state index contributed by atoms with van der Waals surface area (Å²) in [4.78, 5) is 78.5. The number of rotatable bonds is 38. The maximum atomic E-state index is 12.8. The van der Waals surface area contributed by atoms with Crippen molar-refractivity contribution in [3.63, 3.8) is 0 Å². The van der Waals surface area contributed by atoms with Gasteiger partial charge in [-0.2, -0.15) is 0 Å². The van der Waals surface area contributed by atoms with Crippen molar-refractivity contribution in [2.45, 2.75) is 51.4 Å². The number of nitrogens with zero attached hydrogens (tertiary/aromatic N) is 10. The summed E-state index contributed by atoms with van der Waals surface area (Å²) in [6.07, 6.45) is 12.2. The van der Waals surface area contributed by atoms with Gasteiger partial charge in [-0.1, -0.05) is 86.3 Å². The average molecular weight is 1450 g/mol. The number of aliphatic hydroxyl groups is 2. The first-order valence-electron chi connectivity index (χ1n) is 34.0. The predicted octanol–water partition coefficient (Wildman–Crippen LogP) is 10.4. The van der Waals surface area contributed by atoms with Crippen molar-refractivity contribution < 1.29 is 66.3 Å². The highest BCUT2D eigenvalue weighted by Gasteiger charge is 2.30. The molecule has 0 aliphatic carbocycles. The standard InChI is InChI=1S/C32H40ClN5O6.C21H20N4O3.C11H12N2O3.C10H22ClNO2/c1-37(16-19-43-32(40)34-15-18-42-21-20-41-17-9-4-3-8-14-33)25-12-13-26-28(22-25)44-29(35-26)23-27-31(39)38(2)30(36-27)24-10-6-5-7-11-24;1-24(10-11-26)15-8-9-16-18(12-15)28-19(22-16)13-17-21(27)25(2)20(23-17)14-6-4-3-5-7-14;1-13(4-5-14)8-2-3-9-10(6-8)16-11(7-15)12-9;11-5-3-1-2-4-7-13-9-10-14-8-6-12/h5-7,10-13,22-23H,3-4,8-9,14-21H2,1-2H3,(H,34,40);3-9,12-13,26H,10-11H2,1-2H3;2-3,6-7,14H,4-5H2,1H3;1-10,12H2/b27-23-;17-13+;;. The van der Waals surface area contributed by atoms with Crippen molar-refractivity contribution in [3.8, 4) is 0 Å². The van der Waals surface area contributed by atoms with Crippen LogP contribution in [0.15, 0.2) is 150 Å². The zero-order chi connectivity index (χ0) is 72.9. The molecule has 5 aromatic carbocycles. The van der Waals surface area contributed by atoms with E-state index in [-0.39, 0.29) is 48.9 Å². The molecule has 0 bridgehead atoms. The van der Waals surface area contributed by atoms with Gasteiger partial charge >= 0.3 is 6.09 Å². The molecule has 0 fully saturated rings. The number of likely N-dealkylation sites (N-methyl/N-ethyl adjacent to an activating group) is 5.